The minimum Gasteiger partial charge on any atom is -0.496 e. The molecule has 0 spiro atoms. The average Bonchev–Trinajstić information content (AvgIpc) is 2.95. The SMILES string of the molecule is COc1cccc2[nH]cc(CC(=O)NCC(C)(C)C(O)C(C)C)c12. The molecule has 0 bridgehead atoms. The van der Waals surface area contributed by atoms with Crippen LogP contribution in [0.1, 0.15) is 33.3 Å². The maximum absolute atomic E-state index is 12.3. The van der Waals surface area contributed by atoms with Crippen LogP contribution in [0.3, 0.4) is 0 Å². The fourth-order valence-electron chi connectivity index (χ4n) is 3.10. The lowest BCUT2D eigenvalue weighted by Crippen LogP contribution is -2.43. The number of aromatic nitrogens is 1. The van der Waals surface area contributed by atoms with Crippen LogP contribution in [-0.4, -0.2) is 35.8 Å². The van der Waals surface area contributed by atoms with Crippen LogP contribution >= 0.6 is 0 Å². The van der Waals surface area contributed by atoms with E-state index >= 15 is 0 Å². The normalized spacial score (nSPS) is 13.3. The van der Waals surface area contributed by atoms with Gasteiger partial charge in [-0.15, -0.1) is 0 Å². The van der Waals surface area contributed by atoms with E-state index in [0.29, 0.717) is 6.54 Å². The van der Waals surface area contributed by atoms with Crippen molar-refractivity contribution in [2.24, 2.45) is 11.3 Å². The molecule has 1 unspecified atom stereocenters. The highest BCUT2D eigenvalue weighted by molar-refractivity contribution is 5.93. The fraction of sp³-hybridized carbons (Fsp3) is 0.526. The first kappa shape index (κ1) is 18.3. The summed E-state index contributed by atoms with van der Waals surface area (Å²) in [5, 5.41) is 14.1. The Bertz CT molecular complexity index is 704. The third-order valence-electron chi connectivity index (χ3n) is 4.49. The van der Waals surface area contributed by atoms with E-state index in [4.69, 9.17) is 4.74 Å². The number of nitrogens with one attached hydrogen (secondary N) is 2. The number of H-pyrrole nitrogens is 1. The zero-order valence-corrected chi connectivity index (χ0v) is 15.1. The number of rotatable bonds is 7. The summed E-state index contributed by atoms with van der Waals surface area (Å²) in [4.78, 5) is 15.5. The number of carbonyl (C=O) groups excluding carboxylic acids is 1. The van der Waals surface area contributed by atoms with Gasteiger partial charge < -0.3 is 20.1 Å². The number of hydrogen-bond donors (Lipinski definition) is 3. The lowest BCUT2D eigenvalue weighted by molar-refractivity contribution is -0.121. The molecule has 1 atom stereocenters. The Morgan fingerprint density at radius 2 is 2.08 bits per heavy atom. The Morgan fingerprint density at radius 3 is 2.71 bits per heavy atom. The van der Waals surface area contributed by atoms with E-state index in [1.165, 1.54) is 0 Å². The van der Waals surface area contributed by atoms with Gasteiger partial charge in [-0.05, 0) is 23.6 Å². The molecule has 0 radical (unpaired) electrons. The van der Waals surface area contributed by atoms with Crippen molar-refractivity contribution in [2.45, 2.75) is 40.2 Å². The molecule has 0 saturated heterocycles. The highest BCUT2D eigenvalue weighted by atomic mass is 16.5. The molecule has 0 aliphatic heterocycles. The molecule has 24 heavy (non-hydrogen) atoms. The molecule has 1 heterocycles. The van der Waals surface area contributed by atoms with E-state index in [-0.39, 0.29) is 23.7 Å². The third-order valence-corrected chi connectivity index (χ3v) is 4.49. The number of amides is 1. The molecule has 1 amide bonds. The first-order chi connectivity index (χ1) is 11.3. The van der Waals surface area contributed by atoms with Crippen molar-refractivity contribution < 1.29 is 14.6 Å². The molecule has 0 aliphatic rings. The molecule has 1 aromatic heterocycles. The highest BCUT2D eigenvalue weighted by Crippen LogP contribution is 2.29. The topological polar surface area (TPSA) is 74.4 Å². The quantitative estimate of drug-likeness (QED) is 0.730. The number of aliphatic hydroxyl groups excluding tert-OH is 1. The molecule has 0 aliphatic carbocycles. The van der Waals surface area contributed by atoms with Gasteiger partial charge in [-0.2, -0.15) is 0 Å². The summed E-state index contributed by atoms with van der Waals surface area (Å²) in [7, 11) is 1.63. The van der Waals surface area contributed by atoms with E-state index in [0.717, 1.165) is 22.2 Å². The molecule has 0 saturated carbocycles. The first-order valence-corrected chi connectivity index (χ1v) is 8.34. The van der Waals surface area contributed by atoms with Crippen molar-refractivity contribution in [3.05, 3.63) is 30.0 Å². The Labute approximate surface area is 143 Å². The number of hydrogen-bond acceptors (Lipinski definition) is 3. The van der Waals surface area contributed by atoms with Crippen LogP contribution in [-0.2, 0) is 11.2 Å². The number of methoxy groups -OCH3 is 1. The molecule has 5 nitrogen and oxygen atoms in total. The maximum atomic E-state index is 12.3. The molecular weight excluding hydrogens is 304 g/mol. The van der Waals surface area contributed by atoms with Gasteiger partial charge >= 0.3 is 0 Å². The summed E-state index contributed by atoms with van der Waals surface area (Å²) in [6.07, 6.45) is 1.65. The van der Waals surface area contributed by atoms with Crippen LogP contribution in [0.15, 0.2) is 24.4 Å². The Kier molecular flexibility index (Phi) is 5.54. The second-order valence-corrected chi connectivity index (χ2v) is 7.33. The van der Waals surface area contributed by atoms with Crippen LogP contribution in [0.5, 0.6) is 5.75 Å². The Balaban J connectivity index is 2.06. The van der Waals surface area contributed by atoms with Gasteiger partial charge in [0, 0.05) is 29.1 Å². The predicted octanol–water partition coefficient (Wildman–Crippen LogP) is 2.88. The lowest BCUT2D eigenvalue weighted by Gasteiger charge is -2.33. The van der Waals surface area contributed by atoms with E-state index in [1.54, 1.807) is 7.11 Å². The third kappa shape index (κ3) is 3.90. The van der Waals surface area contributed by atoms with E-state index < -0.39 is 6.10 Å². The summed E-state index contributed by atoms with van der Waals surface area (Å²) < 4.78 is 5.40. The Hall–Kier alpha value is -2.01. The zero-order chi connectivity index (χ0) is 17.9. The number of aliphatic hydroxyl groups is 1. The first-order valence-electron chi connectivity index (χ1n) is 8.34. The van der Waals surface area contributed by atoms with Crippen LogP contribution in [0.2, 0.25) is 0 Å². The highest BCUT2D eigenvalue weighted by Gasteiger charge is 2.30. The summed E-state index contributed by atoms with van der Waals surface area (Å²) in [6.45, 7) is 8.32. The number of aromatic amines is 1. The van der Waals surface area contributed by atoms with Crippen LogP contribution in [0.4, 0.5) is 0 Å². The van der Waals surface area contributed by atoms with Gasteiger partial charge in [-0.25, -0.2) is 0 Å². The number of ether oxygens (including phenoxy) is 1. The smallest absolute Gasteiger partial charge is 0.224 e. The van der Waals surface area contributed by atoms with Crippen molar-refractivity contribution >= 4 is 16.8 Å². The number of fused-ring (bicyclic) bond motifs is 1. The van der Waals surface area contributed by atoms with Gasteiger partial charge in [0.15, 0.2) is 0 Å². The van der Waals surface area contributed by atoms with Crippen LogP contribution in [0, 0.1) is 11.3 Å². The fourth-order valence-corrected chi connectivity index (χ4v) is 3.10. The molecule has 3 N–H and O–H groups in total. The second-order valence-electron chi connectivity index (χ2n) is 7.33. The minimum absolute atomic E-state index is 0.0640. The molecule has 2 aromatic rings. The van der Waals surface area contributed by atoms with Gasteiger partial charge in [0.05, 0.1) is 19.6 Å². The summed E-state index contributed by atoms with van der Waals surface area (Å²) in [5.41, 5.74) is 1.48. The van der Waals surface area contributed by atoms with Gasteiger partial charge in [0.1, 0.15) is 5.75 Å². The van der Waals surface area contributed by atoms with Gasteiger partial charge in [-0.1, -0.05) is 33.8 Å². The molecule has 2 rings (SSSR count). The van der Waals surface area contributed by atoms with E-state index in [9.17, 15) is 9.90 Å². The molecule has 132 valence electrons. The molecule has 1 aromatic carbocycles. The molecule has 5 heteroatoms. The Morgan fingerprint density at radius 1 is 1.38 bits per heavy atom. The monoisotopic (exact) mass is 332 g/mol. The van der Waals surface area contributed by atoms with Gasteiger partial charge in [-0.3, -0.25) is 4.79 Å². The lowest BCUT2D eigenvalue weighted by atomic mass is 9.80. The number of carbonyl (C=O) groups is 1. The van der Waals surface area contributed by atoms with Crippen molar-refractivity contribution in [3.8, 4) is 5.75 Å². The summed E-state index contributed by atoms with van der Waals surface area (Å²) in [5.74, 6) is 0.840. The van der Waals surface area contributed by atoms with Crippen molar-refractivity contribution in [3.63, 3.8) is 0 Å². The maximum Gasteiger partial charge on any atom is 0.224 e. The van der Waals surface area contributed by atoms with Crippen LogP contribution < -0.4 is 10.1 Å². The van der Waals surface area contributed by atoms with Crippen LogP contribution in [0.25, 0.3) is 10.9 Å². The van der Waals surface area contributed by atoms with Crippen molar-refractivity contribution in [1.29, 1.82) is 0 Å². The summed E-state index contributed by atoms with van der Waals surface area (Å²) in [6, 6.07) is 5.76. The minimum atomic E-state index is -0.467. The molecule has 0 fully saturated rings. The van der Waals surface area contributed by atoms with Gasteiger partial charge in [0.2, 0.25) is 5.91 Å². The number of benzene rings is 1. The standard InChI is InChI=1S/C19H28N2O3/c1-12(2)18(23)19(3,4)11-21-16(22)9-13-10-20-14-7-6-8-15(24-5)17(13)14/h6-8,10,12,18,20,23H,9,11H2,1-5H3,(H,21,22). The van der Waals surface area contributed by atoms with Gasteiger partial charge in [0.25, 0.3) is 0 Å². The van der Waals surface area contributed by atoms with E-state index in [2.05, 4.69) is 10.3 Å². The molecular formula is C19H28N2O3. The average molecular weight is 332 g/mol. The van der Waals surface area contributed by atoms with Crippen molar-refractivity contribution in [2.75, 3.05) is 13.7 Å². The largest absolute Gasteiger partial charge is 0.496 e. The van der Waals surface area contributed by atoms with E-state index in [1.807, 2.05) is 52.1 Å². The second kappa shape index (κ2) is 7.26. The summed E-state index contributed by atoms with van der Waals surface area (Å²) >= 11 is 0. The van der Waals surface area contributed by atoms with Crippen molar-refractivity contribution in [1.82, 2.24) is 10.3 Å². The zero-order valence-electron chi connectivity index (χ0n) is 15.1. The predicted molar refractivity (Wildman–Crippen MR) is 96.2 cm³/mol.